The minimum atomic E-state index is -0.984. The first-order chi connectivity index (χ1) is 12.3. The highest BCUT2D eigenvalue weighted by Crippen LogP contribution is 2.40. The molecule has 140 valence electrons. The molecule has 0 saturated carbocycles. The predicted molar refractivity (Wildman–Crippen MR) is 89.9 cm³/mol. The van der Waals surface area contributed by atoms with Gasteiger partial charge in [-0.1, -0.05) is 0 Å². The Hall–Kier alpha value is -3.30. The lowest BCUT2D eigenvalue weighted by Gasteiger charge is -2.29. The molecule has 0 spiro atoms. The molecule has 0 saturated heterocycles. The molecule has 1 atom stereocenters. The van der Waals surface area contributed by atoms with Gasteiger partial charge in [0, 0.05) is 23.4 Å². The van der Waals surface area contributed by atoms with E-state index in [1.54, 1.807) is 13.8 Å². The van der Waals surface area contributed by atoms with Crippen LogP contribution in [-0.2, 0) is 9.53 Å². The van der Waals surface area contributed by atoms with Gasteiger partial charge in [0.15, 0.2) is 0 Å². The number of amides is 2. The summed E-state index contributed by atoms with van der Waals surface area (Å²) in [6.07, 6.45) is 0. The zero-order chi connectivity index (χ0) is 19.4. The molecule has 10 nitrogen and oxygen atoms in total. The van der Waals surface area contributed by atoms with Crippen LogP contribution in [0.2, 0.25) is 0 Å². The van der Waals surface area contributed by atoms with Gasteiger partial charge in [-0.3, -0.25) is 10.1 Å². The lowest BCUT2D eigenvalue weighted by molar-refractivity contribution is -0.385. The lowest BCUT2D eigenvalue weighted by Crippen LogP contribution is -2.45. The molecule has 0 radical (unpaired) electrons. The summed E-state index contributed by atoms with van der Waals surface area (Å²) in [7, 11) is 2.66. The summed E-state index contributed by atoms with van der Waals surface area (Å²) >= 11 is 0. The van der Waals surface area contributed by atoms with E-state index in [2.05, 4.69) is 10.6 Å². The first-order valence-corrected chi connectivity index (χ1v) is 7.69. The Morgan fingerprint density at radius 3 is 2.46 bits per heavy atom. The van der Waals surface area contributed by atoms with Gasteiger partial charge in [0.25, 0.3) is 0 Å². The third kappa shape index (κ3) is 3.53. The number of benzene rings is 1. The van der Waals surface area contributed by atoms with Crippen LogP contribution in [0.3, 0.4) is 0 Å². The molecule has 0 aliphatic carbocycles. The van der Waals surface area contributed by atoms with Crippen LogP contribution in [0.15, 0.2) is 23.4 Å². The van der Waals surface area contributed by atoms with Gasteiger partial charge in [-0.2, -0.15) is 0 Å². The van der Waals surface area contributed by atoms with Crippen molar-refractivity contribution in [2.24, 2.45) is 0 Å². The van der Waals surface area contributed by atoms with Crippen molar-refractivity contribution in [1.82, 2.24) is 10.6 Å². The van der Waals surface area contributed by atoms with Crippen LogP contribution in [0.5, 0.6) is 11.5 Å². The molecule has 10 heteroatoms. The predicted octanol–water partition coefficient (Wildman–Crippen LogP) is 1.80. The van der Waals surface area contributed by atoms with E-state index in [9.17, 15) is 19.7 Å². The zero-order valence-corrected chi connectivity index (χ0v) is 14.7. The number of carbonyl (C=O) groups is 2. The Bertz CT molecular complexity index is 788. The number of ether oxygens (including phenoxy) is 3. The molecule has 26 heavy (non-hydrogen) atoms. The number of hydrogen-bond donors (Lipinski definition) is 2. The number of nitro groups is 1. The summed E-state index contributed by atoms with van der Waals surface area (Å²) in [6, 6.07) is 1.00. The summed E-state index contributed by atoms with van der Waals surface area (Å²) in [4.78, 5) is 35.0. The second-order valence-corrected chi connectivity index (χ2v) is 5.31. The largest absolute Gasteiger partial charge is 0.496 e. The van der Waals surface area contributed by atoms with Gasteiger partial charge in [-0.05, 0) is 13.8 Å². The number of nitro benzene ring substituents is 1. The number of hydrogen-bond acceptors (Lipinski definition) is 7. The molecule has 1 aromatic carbocycles. The van der Waals surface area contributed by atoms with Gasteiger partial charge < -0.3 is 24.8 Å². The number of nitrogens with zero attached hydrogens (tertiary/aromatic N) is 1. The standard InChI is InChI=1S/C16H19N3O7/c1-5-26-15(20)13-8(2)17-16(21)18-14(13)9-6-10(19(22)23)12(25-4)7-11(9)24-3/h6-7,14H,5H2,1-4H3,(H2,17,18,21). The number of nitrogens with one attached hydrogen (secondary N) is 2. The van der Waals surface area contributed by atoms with Gasteiger partial charge in [0.1, 0.15) is 5.75 Å². The molecule has 2 amide bonds. The van der Waals surface area contributed by atoms with Crippen molar-refractivity contribution in [3.05, 3.63) is 39.1 Å². The first-order valence-electron chi connectivity index (χ1n) is 7.69. The molecule has 1 unspecified atom stereocenters. The van der Waals surface area contributed by atoms with E-state index in [1.807, 2.05) is 0 Å². The van der Waals surface area contributed by atoms with Crippen molar-refractivity contribution in [1.29, 1.82) is 0 Å². The molecule has 0 bridgehead atoms. The molecule has 2 rings (SSSR count). The number of carbonyl (C=O) groups excluding carboxylic acids is 2. The minimum absolute atomic E-state index is 0.00533. The van der Waals surface area contributed by atoms with Crippen molar-refractivity contribution < 1.29 is 28.7 Å². The second kappa shape index (κ2) is 7.72. The van der Waals surface area contributed by atoms with Crippen LogP contribution >= 0.6 is 0 Å². The number of allylic oxidation sites excluding steroid dienone is 1. The van der Waals surface area contributed by atoms with E-state index in [1.165, 1.54) is 26.4 Å². The Morgan fingerprint density at radius 1 is 1.27 bits per heavy atom. The van der Waals surface area contributed by atoms with Crippen LogP contribution in [0, 0.1) is 10.1 Å². The lowest BCUT2D eigenvalue weighted by atomic mass is 9.94. The Labute approximate surface area is 149 Å². The molecular formula is C16H19N3O7. The fourth-order valence-electron chi connectivity index (χ4n) is 2.68. The topological polar surface area (TPSA) is 129 Å². The molecule has 1 aromatic rings. The first kappa shape index (κ1) is 19.0. The summed E-state index contributed by atoms with van der Waals surface area (Å²) in [5.74, 6) is -0.438. The highest BCUT2D eigenvalue weighted by atomic mass is 16.6. The fourth-order valence-corrected chi connectivity index (χ4v) is 2.68. The molecule has 1 heterocycles. The quantitative estimate of drug-likeness (QED) is 0.447. The van der Waals surface area contributed by atoms with Crippen LogP contribution in [0.1, 0.15) is 25.5 Å². The second-order valence-electron chi connectivity index (χ2n) is 5.31. The summed E-state index contributed by atoms with van der Waals surface area (Å²) in [6.45, 7) is 3.33. The average Bonchev–Trinajstić information content (AvgIpc) is 2.59. The van der Waals surface area contributed by atoms with E-state index >= 15 is 0 Å². The van der Waals surface area contributed by atoms with Crippen LogP contribution in [-0.4, -0.2) is 37.8 Å². The van der Waals surface area contributed by atoms with E-state index in [0.717, 1.165) is 0 Å². The third-order valence-corrected chi connectivity index (χ3v) is 3.80. The van der Waals surface area contributed by atoms with Crippen molar-refractivity contribution in [2.75, 3.05) is 20.8 Å². The molecule has 0 fully saturated rings. The van der Waals surface area contributed by atoms with Crippen molar-refractivity contribution in [2.45, 2.75) is 19.9 Å². The molecule has 2 N–H and O–H groups in total. The van der Waals surface area contributed by atoms with Gasteiger partial charge in [-0.25, -0.2) is 9.59 Å². The van der Waals surface area contributed by atoms with Gasteiger partial charge in [-0.15, -0.1) is 0 Å². The normalized spacial score (nSPS) is 16.5. The van der Waals surface area contributed by atoms with Gasteiger partial charge in [0.05, 0.1) is 37.4 Å². The molecular weight excluding hydrogens is 346 g/mol. The average molecular weight is 365 g/mol. The van der Waals surface area contributed by atoms with E-state index in [4.69, 9.17) is 14.2 Å². The van der Waals surface area contributed by atoms with Crippen molar-refractivity contribution in [3.63, 3.8) is 0 Å². The third-order valence-electron chi connectivity index (χ3n) is 3.80. The molecule has 1 aliphatic heterocycles. The number of urea groups is 1. The molecule has 1 aliphatic rings. The summed E-state index contributed by atoms with van der Waals surface area (Å²) in [5.41, 5.74) is 0.330. The highest BCUT2D eigenvalue weighted by Gasteiger charge is 2.35. The zero-order valence-electron chi connectivity index (χ0n) is 14.7. The monoisotopic (exact) mass is 365 g/mol. The van der Waals surface area contributed by atoms with E-state index < -0.39 is 23.0 Å². The van der Waals surface area contributed by atoms with Crippen LogP contribution in [0.4, 0.5) is 10.5 Å². The number of esters is 1. The van der Waals surface area contributed by atoms with Crippen molar-refractivity contribution in [3.8, 4) is 11.5 Å². The summed E-state index contributed by atoms with van der Waals surface area (Å²) in [5, 5.41) is 16.4. The maximum absolute atomic E-state index is 12.4. The Balaban J connectivity index is 2.68. The Kier molecular flexibility index (Phi) is 5.65. The van der Waals surface area contributed by atoms with E-state index in [-0.39, 0.29) is 40.6 Å². The van der Waals surface area contributed by atoms with Crippen LogP contribution < -0.4 is 20.1 Å². The highest BCUT2D eigenvalue weighted by molar-refractivity contribution is 5.95. The van der Waals surface area contributed by atoms with Gasteiger partial charge in [0.2, 0.25) is 5.75 Å². The fraction of sp³-hybridized carbons (Fsp3) is 0.375. The number of rotatable bonds is 6. The SMILES string of the molecule is CCOC(=O)C1=C(C)NC(=O)NC1c1cc([N+](=O)[O-])c(OC)cc1OC. The van der Waals surface area contributed by atoms with Crippen molar-refractivity contribution >= 4 is 17.7 Å². The van der Waals surface area contributed by atoms with Gasteiger partial charge >= 0.3 is 17.7 Å². The maximum atomic E-state index is 12.4. The molecule has 0 aromatic heterocycles. The summed E-state index contributed by atoms with van der Waals surface area (Å²) < 4.78 is 15.4. The van der Waals surface area contributed by atoms with E-state index in [0.29, 0.717) is 0 Å². The van der Waals surface area contributed by atoms with Crippen LogP contribution in [0.25, 0.3) is 0 Å². The smallest absolute Gasteiger partial charge is 0.338 e. The minimum Gasteiger partial charge on any atom is -0.496 e. The Morgan fingerprint density at radius 2 is 1.92 bits per heavy atom. The number of methoxy groups -OCH3 is 2. The maximum Gasteiger partial charge on any atom is 0.338 e.